The van der Waals surface area contributed by atoms with Crippen LogP contribution in [0.3, 0.4) is 0 Å². The van der Waals surface area contributed by atoms with E-state index in [0.717, 1.165) is 12.8 Å². The van der Waals surface area contributed by atoms with Crippen LogP contribution in [0.1, 0.15) is 40.0 Å². The summed E-state index contributed by atoms with van der Waals surface area (Å²) in [5, 5.41) is 2.60. The van der Waals surface area contributed by atoms with Crippen LogP contribution in [0.15, 0.2) is 0 Å². The molecule has 1 rings (SSSR count). The van der Waals surface area contributed by atoms with Crippen LogP contribution in [-0.2, 0) is 19.0 Å². The Morgan fingerprint density at radius 3 is 2.40 bits per heavy atom. The highest BCUT2D eigenvalue weighted by molar-refractivity contribution is 5.81. The van der Waals surface area contributed by atoms with E-state index in [2.05, 4.69) is 5.32 Å². The van der Waals surface area contributed by atoms with Gasteiger partial charge in [0.2, 0.25) is 0 Å². The van der Waals surface area contributed by atoms with Gasteiger partial charge in [0.25, 0.3) is 0 Å². The fourth-order valence-electron chi connectivity index (χ4n) is 2.12. The number of carbonyl (C=O) groups excluding carboxylic acids is 2. The molecule has 1 amide bonds. The summed E-state index contributed by atoms with van der Waals surface area (Å²) in [6.07, 6.45) is 1.74. The number of rotatable bonds is 4. The summed E-state index contributed by atoms with van der Waals surface area (Å²) in [5.41, 5.74) is -0.594. The molecule has 1 aliphatic heterocycles. The van der Waals surface area contributed by atoms with Gasteiger partial charge in [0.1, 0.15) is 11.6 Å². The third kappa shape index (κ3) is 6.23. The zero-order valence-corrected chi connectivity index (χ0v) is 12.7. The molecule has 0 spiro atoms. The van der Waals surface area contributed by atoms with Gasteiger partial charge < -0.3 is 19.5 Å². The van der Waals surface area contributed by atoms with Gasteiger partial charge in [-0.25, -0.2) is 9.59 Å². The van der Waals surface area contributed by atoms with Gasteiger partial charge in [-0.1, -0.05) is 0 Å². The minimum absolute atomic E-state index is 0.350. The van der Waals surface area contributed by atoms with Crippen molar-refractivity contribution in [2.75, 3.05) is 20.3 Å². The Hall–Kier alpha value is -1.30. The van der Waals surface area contributed by atoms with Gasteiger partial charge >= 0.3 is 12.1 Å². The number of nitrogens with one attached hydrogen (secondary N) is 1. The quantitative estimate of drug-likeness (QED) is 0.799. The summed E-state index contributed by atoms with van der Waals surface area (Å²) < 4.78 is 15.2. The topological polar surface area (TPSA) is 73.9 Å². The fourth-order valence-corrected chi connectivity index (χ4v) is 2.12. The Bertz CT molecular complexity index is 331. The molecule has 0 saturated carbocycles. The molecule has 0 aromatic heterocycles. The number of hydrogen-bond donors (Lipinski definition) is 1. The van der Waals surface area contributed by atoms with Crippen LogP contribution in [0.4, 0.5) is 4.79 Å². The standard InChI is InChI=1S/C14H25NO5/c1-14(2,3)20-13(17)15-11(12(16)18-4)9-10-5-7-19-8-6-10/h10-11H,5-9H2,1-4H3,(H,15,17). The number of ether oxygens (including phenoxy) is 3. The van der Waals surface area contributed by atoms with Gasteiger partial charge in [0.15, 0.2) is 0 Å². The molecule has 20 heavy (non-hydrogen) atoms. The zero-order chi connectivity index (χ0) is 15.2. The first-order valence-electron chi connectivity index (χ1n) is 6.97. The normalized spacial score (nSPS) is 18.2. The molecule has 116 valence electrons. The number of amides is 1. The molecule has 0 aliphatic carbocycles. The van der Waals surface area contributed by atoms with Crippen molar-refractivity contribution in [3.05, 3.63) is 0 Å². The van der Waals surface area contributed by atoms with Crippen LogP contribution < -0.4 is 5.32 Å². The van der Waals surface area contributed by atoms with Crippen molar-refractivity contribution < 1.29 is 23.8 Å². The largest absolute Gasteiger partial charge is 0.467 e. The van der Waals surface area contributed by atoms with E-state index < -0.39 is 23.7 Å². The molecular weight excluding hydrogens is 262 g/mol. The molecule has 1 heterocycles. The van der Waals surface area contributed by atoms with Crippen molar-refractivity contribution in [3.8, 4) is 0 Å². The number of esters is 1. The summed E-state index contributed by atoms with van der Waals surface area (Å²) in [6, 6.07) is -0.669. The second kappa shape index (κ2) is 7.47. The Labute approximate surface area is 120 Å². The molecule has 0 aromatic carbocycles. The maximum Gasteiger partial charge on any atom is 0.408 e. The van der Waals surface area contributed by atoms with Crippen molar-refractivity contribution in [1.82, 2.24) is 5.32 Å². The van der Waals surface area contributed by atoms with Gasteiger partial charge in [-0.2, -0.15) is 0 Å². The first kappa shape index (κ1) is 16.8. The Morgan fingerprint density at radius 2 is 1.90 bits per heavy atom. The molecule has 1 aliphatic rings. The first-order chi connectivity index (χ1) is 9.31. The van der Waals surface area contributed by atoms with Gasteiger partial charge in [-0.15, -0.1) is 0 Å². The average Bonchev–Trinajstić information content (AvgIpc) is 2.36. The molecule has 0 aromatic rings. The van der Waals surface area contributed by atoms with Crippen molar-refractivity contribution in [2.24, 2.45) is 5.92 Å². The Balaban J connectivity index is 2.55. The lowest BCUT2D eigenvalue weighted by Gasteiger charge is -2.27. The lowest BCUT2D eigenvalue weighted by atomic mass is 9.92. The highest BCUT2D eigenvalue weighted by Gasteiger charge is 2.28. The first-order valence-corrected chi connectivity index (χ1v) is 6.97. The molecule has 1 fully saturated rings. The predicted octanol–water partition coefficient (Wildman–Crippen LogP) is 1.87. The lowest BCUT2D eigenvalue weighted by molar-refractivity contribution is -0.143. The Morgan fingerprint density at radius 1 is 1.30 bits per heavy atom. The molecule has 0 bridgehead atoms. The molecule has 1 N–H and O–H groups in total. The number of methoxy groups -OCH3 is 1. The van der Waals surface area contributed by atoms with Crippen LogP contribution in [0, 0.1) is 5.92 Å². The second-order valence-electron chi connectivity index (χ2n) is 6.01. The minimum atomic E-state index is -0.669. The summed E-state index contributed by atoms with van der Waals surface area (Å²) in [5.74, 6) is -0.0925. The van der Waals surface area contributed by atoms with Crippen molar-refractivity contribution >= 4 is 12.1 Å². The highest BCUT2D eigenvalue weighted by atomic mass is 16.6. The van der Waals surface area contributed by atoms with Crippen LogP contribution in [-0.4, -0.2) is 44.0 Å². The third-order valence-electron chi connectivity index (χ3n) is 3.09. The van der Waals surface area contributed by atoms with Crippen molar-refractivity contribution in [3.63, 3.8) is 0 Å². The molecular formula is C14H25NO5. The SMILES string of the molecule is COC(=O)C(CC1CCOCC1)NC(=O)OC(C)(C)C. The van der Waals surface area contributed by atoms with Gasteiger partial charge in [-0.05, 0) is 46.0 Å². The van der Waals surface area contributed by atoms with E-state index in [1.165, 1.54) is 7.11 Å². The monoisotopic (exact) mass is 287 g/mol. The highest BCUT2D eigenvalue weighted by Crippen LogP contribution is 2.21. The van der Waals surface area contributed by atoms with E-state index in [1.54, 1.807) is 20.8 Å². The van der Waals surface area contributed by atoms with E-state index in [0.29, 0.717) is 25.6 Å². The lowest BCUT2D eigenvalue weighted by Crippen LogP contribution is -2.45. The second-order valence-corrected chi connectivity index (χ2v) is 6.01. The number of alkyl carbamates (subject to hydrolysis) is 1. The maximum absolute atomic E-state index is 11.8. The molecule has 6 heteroatoms. The van der Waals surface area contributed by atoms with Gasteiger partial charge in [0, 0.05) is 13.2 Å². The molecule has 6 nitrogen and oxygen atoms in total. The van der Waals surface area contributed by atoms with Crippen molar-refractivity contribution in [1.29, 1.82) is 0 Å². The fraction of sp³-hybridized carbons (Fsp3) is 0.857. The summed E-state index contributed by atoms with van der Waals surface area (Å²) >= 11 is 0. The number of hydrogen-bond acceptors (Lipinski definition) is 5. The molecule has 1 saturated heterocycles. The van der Waals surface area contributed by atoms with Crippen LogP contribution in [0.2, 0.25) is 0 Å². The van der Waals surface area contributed by atoms with E-state index in [-0.39, 0.29) is 0 Å². The summed E-state index contributed by atoms with van der Waals surface area (Å²) in [4.78, 5) is 23.5. The number of carbonyl (C=O) groups is 2. The van der Waals surface area contributed by atoms with Crippen molar-refractivity contribution in [2.45, 2.75) is 51.7 Å². The Kier molecular flexibility index (Phi) is 6.26. The van der Waals surface area contributed by atoms with Crippen LogP contribution >= 0.6 is 0 Å². The van der Waals surface area contributed by atoms with Crippen LogP contribution in [0.5, 0.6) is 0 Å². The van der Waals surface area contributed by atoms with E-state index >= 15 is 0 Å². The third-order valence-corrected chi connectivity index (χ3v) is 3.09. The smallest absolute Gasteiger partial charge is 0.408 e. The average molecular weight is 287 g/mol. The van der Waals surface area contributed by atoms with E-state index in [4.69, 9.17) is 14.2 Å². The zero-order valence-electron chi connectivity index (χ0n) is 12.7. The minimum Gasteiger partial charge on any atom is -0.467 e. The predicted molar refractivity (Wildman–Crippen MR) is 73.3 cm³/mol. The van der Waals surface area contributed by atoms with E-state index in [9.17, 15) is 9.59 Å². The molecule has 1 atom stereocenters. The van der Waals surface area contributed by atoms with Crippen LogP contribution in [0.25, 0.3) is 0 Å². The summed E-state index contributed by atoms with van der Waals surface area (Å²) in [7, 11) is 1.32. The van der Waals surface area contributed by atoms with Gasteiger partial charge in [0.05, 0.1) is 7.11 Å². The van der Waals surface area contributed by atoms with Gasteiger partial charge in [-0.3, -0.25) is 0 Å². The maximum atomic E-state index is 11.8. The van der Waals surface area contributed by atoms with E-state index in [1.807, 2.05) is 0 Å². The molecule has 1 unspecified atom stereocenters. The summed E-state index contributed by atoms with van der Waals surface area (Å²) in [6.45, 7) is 6.73. The molecule has 0 radical (unpaired) electrons.